The second-order valence-corrected chi connectivity index (χ2v) is 12.1. The zero-order chi connectivity index (χ0) is 30.1. The predicted octanol–water partition coefficient (Wildman–Crippen LogP) is 10.1. The molecule has 5 nitrogen and oxygen atoms in total. The van der Waals surface area contributed by atoms with E-state index in [-0.39, 0.29) is 6.04 Å². The number of hydrogen-bond acceptors (Lipinski definition) is 4. The Morgan fingerprint density at radius 3 is 1.54 bits per heavy atom. The van der Waals surface area contributed by atoms with Crippen molar-refractivity contribution in [1.82, 2.24) is 0 Å². The van der Waals surface area contributed by atoms with Gasteiger partial charge in [0.1, 0.15) is 0 Å². The molecule has 0 fully saturated rings. The molecule has 0 aromatic rings. The third kappa shape index (κ3) is 33.2. The molecule has 0 aliphatic rings. The van der Waals surface area contributed by atoms with Crippen molar-refractivity contribution in [1.29, 1.82) is 0 Å². The van der Waals surface area contributed by atoms with Crippen LogP contribution < -0.4 is 5.73 Å². The third-order valence-corrected chi connectivity index (χ3v) is 7.89. The number of aliphatic carboxylic acids is 1. The summed E-state index contributed by atoms with van der Waals surface area (Å²) < 4.78 is 5.71. The van der Waals surface area contributed by atoms with E-state index in [1.54, 1.807) is 0 Å². The molecule has 0 saturated carbocycles. The highest BCUT2D eigenvalue weighted by Crippen LogP contribution is 2.13. The van der Waals surface area contributed by atoms with Gasteiger partial charge in [0.25, 0.3) is 0 Å². The van der Waals surface area contributed by atoms with E-state index in [9.17, 15) is 9.90 Å². The monoisotopic (exact) mass is 580 g/mol. The molecular formula is C36H69NO4. The molecule has 0 bridgehead atoms. The van der Waals surface area contributed by atoms with Gasteiger partial charge in [0.2, 0.25) is 0 Å². The molecule has 4 N–H and O–H groups in total. The Bertz CT molecular complexity index is 592. The van der Waals surface area contributed by atoms with Gasteiger partial charge < -0.3 is 20.7 Å². The van der Waals surface area contributed by atoms with Gasteiger partial charge in [0.05, 0.1) is 18.8 Å². The highest BCUT2D eigenvalue weighted by molar-refractivity contribution is 5.66. The third-order valence-electron chi connectivity index (χ3n) is 7.89. The van der Waals surface area contributed by atoms with Crippen LogP contribution in [0.3, 0.4) is 0 Å². The average molecular weight is 580 g/mol. The Morgan fingerprint density at radius 2 is 1.05 bits per heavy atom. The molecule has 0 spiro atoms. The van der Waals surface area contributed by atoms with Gasteiger partial charge in [-0.3, -0.25) is 4.79 Å². The van der Waals surface area contributed by atoms with Gasteiger partial charge in [-0.05, 0) is 51.4 Å². The minimum atomic E-state index is -0.678. The Balaban J connectivity index is 3.37. The number of rotatable bonds is 33. The zero-order valence-electron chi connectivity index (χ0n) is 27.1. The molecule has 0 radical (unpaired) electrons. The number of aliphatic hydroxyl groups excluding tert-OH is 1. The van der Waals surface area contributed by atoms with Crippen molar-refractivity contribution in [3.05, 3.63) is 24.3 Å². The Hall–Kier alpha value is -1.17. The first-order valence-electron chi connectivity index (χ1n) is 17.6. The first-order valence-corrected chi connectivity index (χ1v) is 17.6. The highest BCUT2D eigenvalue weighted by Gasteiger charge is 2.11. The average Bonchev–Trinajstić information content (AvgIpc) is 2.96. The van der Waals surface area contributed by atoms with Gasteiger partial charge in [-0.25, -0.2) is 0 Å². The second kappa shape index (κ2) is 33.3. The van der Waals surface area contributed by atoms with Gasteiger partial charge in [0.15, 0.2) is 0 Å². The standard InChI is InChI=1S/C36H69NO4/c1-2-3-4-5-6-7-8-12-15-18-21-24-27-30-35(38)34(37)33-41-32-29-26-23-20-17-14-11-9-10-13-16-19-22-25-28-31-36(39)40/h9-10,27,30,34-35,38H,2-8,11-26,28-29,31-33,37H2,1H3,(H,39,40)/b10-9-,30-27?. The van der Waals surface area contributed by atoms with Crippen LogP contribution in [0.15, 0.2) is 24.3 Å². The normalized spacial score (nSPS) is 13.4. The lowest BCUT2D eigenvalue weighted by molar-refractivity contribution is -0.137. The topological polar surface area (TPSA) is 92.8 Å². The lowest BCUT2D eigenvalue weighted by Gasteiger charge is -2.15. The van der Waals surface area contributed by atoms with Gasteiger partial charge in [-0.2, -0.15) is 0 Å². The van der Waals surface area contributed by atoms with Crippen molar-refractivity contribution in [2.45, 2.75) is 186 Å². The van der Waals surface area contributed by atoms with Gasteiger partial charge in [-0.15, -0.1) is 0 Å². The molecule has 2 unspecified atom stereocenters. The first-order chi connectivity index (χ1) is 20.1. The molecule has 0 aliphatic carbocycles. The van der Waals surface area contributed by atoms with E-state index in [1.165, 1.54) is 122 Å². The van der Waals surface area contributed by atoms with Crippen LogP contribution in [0.5, 0.6) is 0 Å². The van der Waals surface area contributed by atoms with Crippen molar-refractivity contribution in [3.63, 3.8) is 0 Å². The van der Waals surface area contributed by atoms with Gasteiger partial charge in [-0.1, -0.05) is 140 Å². The lowest BCUT2D eigenvalue weighted by Crippen LogP contribution is -2.37. The van der Waals surface area contributed by atoms with Crippen molar-refractivity contribution in [2.24, 2.45) is 5.73 Å². The van der Waals surface area contributed by atoms with E-state index in [4.69, 9.17) is 15.6 Å². The van der Waals surface area contributed by atoms with Crippen LogP contribution in [0.1, 0.15) is 174 Å². The summed E-state index contributed by atoms with van der Waals surface area (Å²) in [6, 6.07) is -0.347. The number of allylic oxidation sites excluding steroid dienone is 3. The van der Waals surface area contributed by atoms with E-state index < -0.39 is 12.1 Å². The number of unbranched alkanes of at least 4 members (excludes halogenated alkanes) is 22. The SMILES string of the molecule is CCCCCCCCCCCCCC=CC(O)C(N)COCCCCCCCC/C=C\CCCCCCCC(=O)O. The molecule has 0 saturated heterocycles. The summed E-state index contributed by atoms with van der Waals surface area (Å²) >= 11 is 0. The number of ether oxygens (including phenoxy) is 1. The maximum Gasteiger partial charge on any atom is 0.303 e. The molecule has 41 heavy (non-hydrogen) atoms. The molecular weight excluding hydrogens is 510 g/mol. The highest BCUT2D eigenvalue weighted by atomic mass is 16.5. The van der Waals surface area contributed by atoms with Gasteiger partial charge >= 0.3 is 5.97 Å². The van der Waals surface area contributed by atoms with Crippen LogP contribution >= 0.6 is 0 Å². The minimum absolute atomic E-state index is 0.311. The van der Waals surface area contributed by atoms with E-state index in [0.717, 1.165) is 45.1 Å². The van der Waals surface area contributed by atoms with Crippen LogP contribution in [0.25, 0.3) is 0 Å². The molecule has 0 amide bonds. The summed E-state index contributed by atoms with van der Waals surface area (Å²) in [6.07, 6.45) is 39.3. The molecule has 0 aromatic carbocycles. The van der Waals surface area contributed by atoms with Crippen LogP contribution in [-0.4, -0.2) is 41.5 Å². The smallest absolute Gasteiger partial charge is 0.303 e. The predicted molar refractivity (Wildman–Crippen MR) is 176 cm³/mol. The Morgan fingerprint density at radius 1 is 0.634 bits per heavy atom. The van der Waals surface area contributed by atoms with E-state index in [2.05, 4.69) is 25.2 Å². The molecule has 0 aliphatic heterocycles. The minimum Gasteiger partial charge on any atom is -0.481 e. The summed E-state index contributed by atoms with van der Waals surface area (Å²) in [6.45, 7) is 3.42. The summed E-state index contributed by atoms with van der Waals surface area (Å²) in [7, 11) is 0. The van der Waals surface area contributed by atoms with E-state index in [0.29, 0.717) is 13.0 Å². The Labute approximate surface area is 254 Å². The quantitative estimate of drug-likeness (QED) is 0.0531. The van der Waals surface area contributed by atoms with E-state index >= 15 is 0 Å². The molecule has 0 aromatic heterocycles. The molecule has 242 valence electrons. The fraction of sp³-hybridized carbons (Fsp3) is 0.861. The fourth-order valence-corrected chi connectivity index (χ4v) is 5.10. The van der Waals surface area contributed by atoms with E-state index in [1.807, 2.05) is 6.08 Å². The van der Waals surface area contributed by atoms with Crippen molar-refractivity contribution >= 4 is 5.97 Å². The van der Waals surface area contributed by atoms with Gasteiger partial charge in [0, 0.05) is 13.0 Å². The Kier molecular flexibility index (Phi) is 32.4. The van der Waals surface area contributed by atoms with Crippen molar-refractivity contribution in [3.8, 4) is 0 Å². The second-order valence-electron chi connectivity index (χ2n) is 12.1. The summed E-state index contributed by atoms with van der Waals surface area (Å²) in [5.74, 6) is -0.678. The fourth-order valence-electron chi connectivity index (χ4n) is 5.10. The summed E-state index contributed by atoms with van der Waals surface area (Å²) in [5.41, 5.74) is 6.10. The summed E-state index contributed by atoms with van der Waals surface area (Å²) in [5, 5.41) is 18.9. The van der Waals surface area contributed by atoms with Crippen molar-refractivity contribution in [2.75, 3.05) is 13.2 Å². The van der Waals surface area contributed by atoms with Crippen LogP contribution in [0.4, 0.5) is 0 Å². The maximum atomic E-state index is 10.5. The largest absolute Gasteiger partial charge is 0.481 e. The number of hydrogen-bond donors (Lipinski definition) is 3. The number of carboxylic acid groups (broad SMARTS) is 1. The van der Waals surface area contributed by atoms with Crippen LogP contribution in [0.2, 0.25) is 0 Å². The maximum absolute atomic E-state index is 10.5. The van der Waals surface area contributed by atoms with Crippen molar-refractivity contribution < 1.29 is 19.7 Å². The number of nitrogens with two attached hydrogens (primary N) is 1. The number of carbonyl (C=O) groups is 1. The molecule has 2 atom stereocenters. The number of aliphatic hydroxyl groups is 1. The van der Waals surface area contributed by atoms with Crippen LogP contribution in [0, 0.1) is 0 Å². The lowest BCUT2D eigenvalue weighted by atomic mass is 10.0. The molecule has 5 heteroatoms. The van der Waals surface area contributed by atoms with Crippen LogP contribution in [-0.2, 0) is 9.53 Å². The molecule has 0 rings (SSSR count). The zero-order valence-corrected chi connectivity index (χ0v) is 27.1. The first kappa shape index (κ1) is 39.8. The molecule has 0 heterocycles. The summed E-state index contributed by atoms with van der Waals surface area (Å²) in [4.78, 5) is 10.5. The number of carboxylic acids is 1.